The van der Waals surface area contributed by atoms with E-state index in [1.807, 2.05) is 32.1 Å². The number of hydrogen-bond donors (Lipinski definition) is 1. The first-order chi connectivity index (χ1) is 13.7. The molecule has 7 heteroatoms. The summed E-state index contributed by atoms with van der Waals surface area (Å²) in [6.45, 7) is 5.71. The minimum absolute atomic E-state index is 0.0351. The lowest BCUT2D eigenvalue weighted by Crippen LogP contribution is -2.09. The summed E-state index contributed by atoms with van der Waals surface area (Å²) in [6.07, 6.45) is 2.51. The summed E-state index contributed by atoms with van der Waals surface area (Å²) in [6, 6.07) is 9.03. The molecule has 0 spiro atoms. The first-order valence-electron chi connectivity index (χ1n) is 9.10. The van der Waals surface area contributed by atoms with Crippen LogP contribution in [0, 0.1) is 26.6 Å². The normalized spacial score (nSPS) is 12.3. The van der Waals surface area contributed by atoms with Gasteiger partial charge in [0, 0.05) is 0 Å². The number of rotatable bonds is 9. The first-order valence-corrected chi connectivity index (χ1v) is 10.6. The average Bonchev–Trinajstić information content (AvgIpc) is 2.61. The minimum atomic E-state index is -2.63. The van der Waals surface area contributed by atoms with Crippen molar-refractivity contribution in [3.8, 4) is 11.1 Å². The van der Waals surface area contributed by atoms with Crippen molar-refractivity contribution in [1.82, 2.24) is 0 Å². The average molecular weight is 418 g/mol. The fraction of sp³-hybridized carbons (Fsp3) is 0.273. The van der Waals surface area contributed by atoms with Crippen molar-refractivity contribution < 1.29 is 28.2 Å². The molecule has 5 nitrogen and oxygen atoms in total. The van der Waals surface area contributed by atoms with Gasteiger partial charge in [-0.1, -0.05) is 35.9 Å². The third-order valence-corrected chi connectivity index (χ3v) is 5.49. The van der Waals surface area contributed by atoms with Gasteiger partial charge in [0.15, 0.2) is 13.8 Å². The van der Waals surface area contributed by atoms with Crippen LogP contribution in [0.3, 0.4) is 0 Å². The Labute approximate surface area is 170 Å². The summed E-state index contributed by atoms with van der Waals surface area (Å²) >= 11 is 0. The molecule has 2 rings (SSSR count). The smallest absolute Gasteiger partial charge is 0.310 e. The number of carboxylic acid groups (broad SMARTS) is 1. The second-order valence-electron chi connectivity index (χ2n) is 6.88. The minimum Gasteiger partial charge on any atom is -0.481 e. The summed E-state index contributed by atoms with van der Waals surface area (Å²) in [5.74, 6) is -2.12. The number of aliphatic carboxylic acids is 1. The number of halogens is 1. The number of Topliss-reactive ketones (excluding diaryl/α,β-unsaturated/α-hetero) is 1. The van der Waals surface area contributed by atoms with Gasteiger partial charge in [-0.15, -0.1) is 0 Å². The predicted molar refractivity (Wildman–Crippen MR) is 112 cm³/mol. The van der Waals surface area contributed by atoms with E-state index < -0.39 is 26.2 Å². The van der Waals surface area contributed by atoms with E-state index in [0.717, 1.165) is 27.8 Å². The van der Waals surface area contributed by atoms with E-state index in [1.54, 1.807) is 25.1 Å². The van der Waals surface area contributed by atoms with E-state index in [0.29, 0.717) is 5.56 Å². The molecule has 0 saturated carbocycles. The van der Waals surface area contributed by atoms with Crippen LogP contribution in [0.15, 0.2) is 36.4 Å². The topological polar surface area (TPSA) is 80.7 Å². The van der Waals surface area contributed by atoms with E-state index >= 15 is 0 Å². The Morgan fingerprint density at radius 3 is 2.52 bits per heavy atom. The fourth-order valence-electron chi connectivity index (χ4n) is 3.00. The molecule has 0 amide bonds. The molecule has 0 aliphatic carbocycles. The summed E-state index contributed by atoms with van der Waals surface area (Å²) < 4.78 is 30.6. The molecule has 2 aromatic rings. The monoisotopic (exact) mass is 418 g/mol. The van der Waals surface area contributed by atoms with Crippen molar-refractivity contribution in [3.63, 3.8) is 0 Å². The van der Waals surface area contributed by atoms with Crippen LogP contribution in [0.5, 0.6) is 0 Å². The van der Waals surface area contributed by atoms with Gasteiger partial charge in [0.25, 0.3) is 0 Å². The van der Waals surface area contributed by atoms with Gasteiger partial charge < -0.3 is 9.63 Å². The van der Waals surface area contributed by atoms with Crippen LogP contribution < -0.4 is 0 Å². The first kappa shape index (κ1) is 22.7. The molecule has 0 heterocycles. The van der Waals surface area contributed by atoms with Crippen molar-refractivity contribution >= 4 is 25.9 Å². The Bertz CT molecular complexity index is 981. The predicted octanol–water partition coefficient (Wildman–Crippen LogP) is 4.97. The van der Waals surface area contributed by atoms with Crippen LogP contribution >= 0.6 is 8.03 Å². The van der Waals surface area contributed by atoms with Gasteiger partial charge >= 0.3 is 5.97 Å². The summed E-state index contributed by atoms with van der Waals surface area (Å²) in [5.41, 5.74) is 5.45. The van der Waals surface area contributed by atoms with E-state index in [9.17, 15) is 18.5 Å². The Hall–Kier alpha value is -2.56. The van der Waals surface area contributed by atoms with Crippen LogP contribution in [-0.2, 0) is 18.7 Å². The molecule has 0 bridgehead atoms. The van der Waals surface area contributed by atoms with Crippen molar-refractivity contribution in [1.29, 1.82) is 0 Å². The summed E-state index contributed by atoms with van der Waals surface area (Å²) in [5, 5.41) is 8.55. The van der Waals surface area contributed by atoms with Gasteiger partial charge in [-0.3, -0.25) is 14.2 Å². The maximum atomic E-state index is 13.6. The zero-order chi connectivity index (χ0) is 21.6. The molecular formula is C22H24FO5P. The number of benzene rings is 2. The number of carboxylic acids is 1. The SMILES string of the molecule is Cc1cc(C)c(C=CCO[PH](=O)CC(=O)CC(=O)O)c(-c2ccc(F)c(C)c2)c1. The van der Waals surface area contributed by atoms with E-state index in [-0.39, 0.29) is 18.6 Å². The van der Waals surface area contributed by atoms with E-state index in [2.05, 4.69) is 0 Å². The number of carbonyl (C=O) groups excluding carboxylic acids is 1. The number of carbonyl (C=O) groups is 2. The second kappa shape index (κ2) is 10.3. The number of ketones is 1. The van der Waals surface area contributed by atoms with Gasteiger partial charge in [-0.2, -0.15) is 0 Å². The molecule has 1 N–H and O–H groups in total. The van der Waals surface area contributed by atoms with Crippen LogP contribution in [0.1, 0.15) is 28.7 Å². The number of hydrogen-bond acceptors (Lipinski definition) is 4. The third kappa shape index (κ3) is 6.77. The molecule has 2 aromatic carbocycles. The standard InChI is InChI=1S/C22H24FO5P/c1-14-9-15(2)19(20(10-14)17-6-7-21(23)16(3)11-17)5-4-8-28-29(27)13-18(24)12-22(25)26/h4-7,9-11,29H,8,12-13H2,1-3H3,(H,25,26). The van der Waals surface area contributed by atoms with Crippen molar-refractivity contribution in [3.05, 3.63) is 64.5 Å². The van der Waals surface area contributed by atoms with Gasteiger partial charge in [0.1, 0.15) is 12.2 Å². The third-order valence-electron chi connectivity index (χ3n) is 4.32. The zero-order valence-corrected chi connectivity index (χ0v) is 17.6. The highest BCUT2D eigenvalue weighted by Gasteiger charge is 2.12. The highest BCUT2D eigenvalue weighted by molar-refractivity contribution is 7.40. The maximum Gasteiger partial charge on any atom is 0.310 e. The van der Waals surface area contributed by atoms with Crippen molar-refractivity contribution in [2.45, 2.75) is 27.2 Å². The molecule has 1 atom stereocenters. The number of aryl methyl sites for hydroxylation is 3. The van der Waals surface area contributed by atoms with E-state index in [1.165, 1.54) is 6.07 Å². The quantitative estimate of drug-likeness (QED) is 0.460. The fourth-order valence-corrected chi connectivity index (χ4v) is 3.83. The zero-order valence-electron chi connectivity index (χ0n) is 16.6. The van der Waals surface area contributed by atoms with Gasteiger partial charge in [0.05, 0.1) is 12.8 Å². The summed E-state index contributed by atoms with van der Waals surface area (Å²) in [7, 11) is -2.63. The summed E-state index contributed by atoms with van der Waals surface area (Å²) in [4.78, 5) is 21.8. The largest absolute Gasteiger partial charge is 0.481 e. The van der Waals surface area contributed by atoms with Gasteiger partial charge in [-0.05, 0) is 60.7 Å². The second-order valence-corrected chi connectivity index (χ2v) is 8.26. The Balaban J connectivity index is 2.14. The molecule has 0 saturated heterocycles. The highest BCUT2D eigenvalue weighted by atomic mass is 31.1. The van der Waals surface area contributed by atoms with Gasteiger partial charge in [-0.25, -0.2) is 4.39 Å². The van der Waals surface area contributed by atoms with Crippen molar-refractivity contribution in [2.75, 3.05) is 12.8 Å². The van der Waals surface area contributed by atoms with Crippen LogP contribution in [-0.4, -0.2) is 29.6 Å². The Morgan fingerprint density at radius 2 is 1.86 bits per heavy atom. The Kier molecular flexibility index (Phi) is 8.06. The van der Waals surface area contributed by atoms with Crippen molar-refractivity contribution in [2.24, 2.45) is 0 Å². The van der Waals surface area contributed by atoms with Crippen LogP contribution in [0.2, 0.25) is 0 Å². The highest BCUT2D eigenvalue weighted by Crippen LogP contribution is 2.30. The lowest BCUT2D eigenvalue weighted by atomic mass is 9.92. The Morgan fingerprint density at radius 1 is 1.14 bits per heavy atom. The van der Waals surface area contributed by atoms with Gasteiger partial charge in [0.2, 0.25) is 0 Å². The molecule has 154 valence electrons. The van der Waals surface area contributed by atoms with Crippen LogP contribution in [0.25, 0.3) is 17.2 Å². The molecule has 0 aliphatic heterocycles. The molecular weight excluding hydrogens is 394 g/mol. The molecule has 0 radical (unpaired) electrons. The molecule has 0 aliphatic rings. The molecule has 0 aromatic heterocycles. The van der Waals surface area contributed by atoms with E-state index in [4.69, 9.17) is 9.63 Å². The lowest BCUT2D eigenvalue weighted by molar-refractivity contribution is -0.139. The maximum absolute atomic E-state index is 13.6. The lowest BCUT2D eigenvalue weighted by Gasteiger charge is -2.13. The molecule has 1 unspecified atom stereocenters. The molecule has 29 heavy (non-hydrogen) atoms. The van der Waals surface area contributed by atoms with Crippen LogP contribution in [0.4, 0.5) is 4.39 Å². The molecule has 0 fully saturated rings.